The molecular weight excluding hydrogens is 178 g/mol. The number of aromatic nitrogens is 2. The molecule has 0 saturated heterocycles. The summed E-state index contributed by atoms with van der Waals surface area (Å²) >= 11 is 0. The van der Waals surface area contributed by atoms with Crippen LogP contribution in [0.4, 0.5) is 5.69 Å². The summed E-state index contributed by atoms with van der Waals surface area (Å²) in [7, 11) is 1.87. The Morgan fingerprint density at radius 1 is 1.36 bits per heavy atom. The second-order valence-electron chi connectivity index (χ2n) is 3.38. The Labute approximate surface area is 82.3 Å². The predicted molar refractivity (Wildman–Crippen MR) is 54.8 cm³/mol. The molecule has 74 valence electrons. The molecule has 0 spiro atoms. The highest BCUT2D eigenvalue weighted by molar-refractivity contribution is 5.70. The lowest BCUT2D eigenvalue weighted by atomic mass is 10.2. The van der Waals surface area contributed by atoms with Crippen molar-refractivity contribution in [3.63, 3.8) is 0 Å². The summed E-state index contributed by atoms with van der Waals surface area (Å²) in [6.45, 7) is 3.83. The zero-order chi connectivity index (χ0) is 10.3. The van der Waals surface area contributed by atoms with E-state index < -0.39 is 0 Å². The molecule has 0 bridgehead atoms. The lowest BCUT2D eigenvalue weighted by Crippen LogP contribution is -1.93. The first kappa shape index (κ1) is 8.87. The number of anilines is 1. The minimum atomic E-state index is 0.682. The van der Waals surface area contributed by atoms with Crippen molar-refractivity contribution in [2.24, 2.45) is 7.05 Å². The predicted octanol–water partition coefficient (Wildman–Crippen LogP) is 1.88. The Morgan fingerprint density at radius 3 is 2.50 bits per heavy atom. The van der Waals surface area contributed by atoms with Gasteiger partial charge in [0.15, 0.2) is 11.5 Å². The molecule has 0 aromatic carbocycles. The summed E-state index contributed by atoms with van der Waals surface area (Å²) in [5.74, 6) is 1.59. The Balaban J connectivity index is 2.57. The van der Waals surface area contributed by atoms with E-state index in [0.29, 0.717) is 5.69 Å². The number of nitrogens with zero attached hydrogens (tertiary/aromatic N) is 2. The van der Waals surface area contributed by atoms with Gasteiger partial charge in [-0.2, -0.15) is 5.10 Å². The molecule has 0 saturated carbocycles. The molecule has 0 fully saturated rings. The van der Waals surface area contributed by atoms with Crippen LogP contribution in [0.1, 0.15) is 11.5 Å². The third kappa shape index (κ3) is 1.19. The third-order valence-electron chi connectivity index (χ3n) is 2.35. The fourth-order valence-corrected chi connectivity index (χ4v) is 1.37. The van der Waals surface area contributed by atoms with Crippen molar-refractivity contribution in [3.8, 4) is 11.5 Å². The maximum Gasteiger partial charge on any atom is 0.156 e. The average molecular weight is 191 g/mol. The van der Waals surface area contributed by atoms with Gasteiger partial charge < -0.3 is 10.2 Å². The molecular formula is C10H13N3O. The maximum absolute atomic E-state index is 5.90. The topological polar surface area (TPSA) is 57.0 Å². The summed E-state index contributed by atoms with van der Waals surface area (Å²) in [6.07, 6.45) is 0. The number of hydrogen-bond acceptors (Lipinski definition) is 3. The first-order valence-electron chi connectivity index (χ1n) is 4.45. The van der Waals surface area contributed by atoms with Crippen molar-refractivity contribution >= 4 is 5.69 Å². The molecule has 0 aliphatic heterocycles. The first-order chi connectivity index (χ1) is 6.59. The fourth-order valence-electron chi connectivity index (χ4n) is 1.37. The van der Waals surface area contributed by atoms with Crippen LogP contribution in [-0.2, 0) is 7.05 Å². The van der Waals surface area contributed by atoms with Gasteiger partial charge in [0.1, 0.15) is 5.76 Å². The summed E-state index contributed by atoms with van der Waals surface area (Å²) in [4.78, 5) is 0. The number of aryl methyl sites for hydroxylation is 2. The minimum absolute atomic E-state index is 0.682. The van der Waals surface area contributed by atoms with E-state index in [1.165, 1.54) is 0 Å². The van der Waals surface area contributed by atoms with Gasteiger partial charge in [-0.05, 0) is 26.0 Å². The standard InChI is InChI=1S/C10H13N3O/c1-6-4-5-8(14-6)10-9(11)7(2)13(3)12-10/h4-5H,11H2,1-3H3. The quantitative estimate of drug-likeness (QED) is 0.748. The summed E-state index contributed by atoms with van der Waals surface area (Å²) < 4.78 is 7.22. The number of hydrogen-bond donors (Lipinski definition) is 1. The van der Waals surface area contributed by atoms with Crippen LogP contribution in [0.3, 0.4) is 0 Å². The Bertz CT molecular complexity index is 468. The van der Waals surface area contributed by atoms with Crippen LogP contribution in [-0.4, -0.2) is 9.78 Å². The van der Waals surface area contributed by atoms with E-state index in [0.717, 1.165) is 22.9 Å². The minimum Gasteiger partial charge on any atom is -0.460 e. The summed E-state index contributed by atoms with van der Waals surface area (Å²) in [6, 6.07) is 3.78. The van der Waals surface area contributed by atoms with Gasteiger partial charge in [0.25, 0.3) is 0 Å². The SMILES string of the molecule is Cc1ccc(-c2nn(C)c(C)c2N)o1. The third-order valence-corrected chi connectivity index (χ3v) is 2.35. The Kier molecular flexibility index (Phi) is 1.84. The molecule has 0 aliphatic rings. The monoisotopic (exact) mass is 191 g/mol. The molecule has 2 aromatic rings. The van der Waals surface area contributed by atoms with Crippen molar-refractivity contribution in [1.82, 2.24) is 9.78 Å². The number of rotatable bonds is 1. The van der Waals surface area contributed by atoms with E-state index in [1.54, 1.807) is 4.68 Å². The van der Waals surface area contributed by atoms with Gasteiger partial charge in [-0.25, -0.2) is 0 Å². The van der Waals surface area contributed by atoms with Crippen LogP contribution in [0, 0.1) is 13.8 Å². The van der Waals surface area contributed by atoms with Crippen LogP contribution in [0.2, 0.25) is 0 Å². The van der Waals surface area contributed by atoms with E-state index in [1.807, 2.05) is 33.0 Å². The van der Waals surface area contributed by atoms with Gasteiger partial charge in [-0.15, -0.1) is 0 Å². The molecule has 0 atom stereocenters. The van der Waals surface area contributed by atoms with Crippen LogP contribution >= 0.6 is 0 Å². The normalized spacial score (nSPS) is 10.8. The molecule has 2 heterocycles. The molecule has 2 N–H and O–H groups in total. The van der Waals surface area contributed by atoms with Crippen molar-refractivity contribution in [2.45, 2.75) is 13.8 Å². The van der Waals surface area contributed by atoms with Crippen LogP contribution in [0.5, 0.6) is 0 Å². The highest BCUT2D eigenvalue weighted by atomic mass is 16.3. The maximum atomic E-state index is 5.90. The largest absolute Gasteiger partial charge is 0.460 e. The van der Waals surface area contributed by atoms with E-state index in [4.69, 9.17) is 10.2 Å². The molecule has 0 aliphatic carbocycles. The highest BCUT2D eigenvalue weighted by Gasteiger charge is 2.14. The summed E-state index contributed by atoms with van der Waals surface area (Å²) in [5.41, 5.74) is 8.26. The second kappa shape index (κ2) is 2.90. The number of nitrogen functional groups attached to an aromatic ring is 1. The van der Waals surface area contributed by atoms with Crippen molar-refractivity contribution in [3.05, 3.63) is 23.6 Å². The molecule has 4 heteroatoms. The van der Waals surface area contributed by atoms with E-state index >= 15 is 0 Å². The summed E-state index contributed by atoms with van der Waals surface area (Å²) in [5, 5.41) is 4.29. The van der Waals surface area contributed by atoms with Gasteiger partial charge >= 0.3 is 0 Å². The lowest BCUT2D eigenvalue weighted by molar-refractivity contribution is 0.545. The van der Waals surface area contributed by atoms with Gasteiger partial charge in [-0.1, -0.05) is 0 Å². The van der Waals surface area contributed by atoms with Crippen molar-refractivity contribution in [1.29, 1.82) is 0 Å². The smallest absolute Gasteiger partial charge is 0.156 e. The van der Waals surface area contributed by atoms with Gasteiger partial charge in [0.2, 0.25) is 0 Å². The van der Waals surface area contributed by atoms with Gasteiger partial charge in [-0.3, -0.25) is 4.68 Å². The van der Waals surface area contributed by atoms with E-state index in [-0.39, 0.29) is 0 Å². The number of nitrogens with two attached hydrogens (primary N) is 1. The molecule has 0 amide bonds. The lowest BCUT2D eigenvalue weighted by Gasteiger charge is -1.92. The molecule has 2 aromatic heterocycles. The van der Waals surface area contributed by atoms with Crippen molar-refractivity contribution < 1.29 is 4.42 Å². The average Bonchev–Trinajstić information content (AvgIpc) is 2.66. The molecule has 2 rings (SSSR count). The molecule has 0 unspecified atom stereocenters. The zero-order valence-corrected chi connectivity index (χ0v) is 8.53. The molecule has 0 radical (unpaired) electrons. The second-order valence-corrected chi connectivity index (χ2v) is 3.38. The highest BCUT2D eigenvalue weighted by Crippen LogP contribution is 2.28. The van der Waals surface area contributed by atoms with E-state index in [2.05, 4.69) is 5.10 Å². The Hall–Kier alpha value is -1.71. The van der Waals surface area contributed by atoms with Gasteiger partial charge in [0, 0.05) is 7.05 Å². The first-order valence-corrected chi connectivity index (χ1v) is 4.45. The molecule has 4 nitrogen and oxygen atoms in total. The Morgan fingerprint density at radius 2 is 2.07 bits per heavy atom. The van der Waals surface area contributed by atoms with Crippen molar-refractivity contribution in [2.75, 3.05) is 5.73 Å². The van der Waals surface area contributed by atoms with Crippen LogP contribution in [0.15, 0.2) is 16.5 Å². The fraction of sp³-hybridized carbons (Fsp3) is 0.300. The zero-order valence-electron chi connectivity index (χ0n) is 8.53. The van der Waals surface area contributed by atoms with Gasteiger partial charge in [0.05, 0.1) is 11.4 Å². The van der Waals surface area contributed by atoms with Crippen LogP contribution < -0.4 is 5.73 Å². The molecule has 14 heavy (non-hydrogen) atoms. The van der Waals surface area contributed by atoms with Crippen LogP contribution in [0.25, 0.3) is 11.5 Å². The van der Waals surface area contributed by atoms with E-state index in [9.17, 15) is 0 Å². The number of furan rings is 1.